The number of fused-ring (bicyclic) bond motifs is 1. The van der Waals surface area contributed by atoms with E-state index < -0.39 is 0 Å². The van der Waals surface area contributed by atoms with E-state index in [0.717, 1.165) is 30.8 Å². The Morgan fingerprint density at radius 3 is 2.67 bits per heavy atom. The summed E-state index contributed by atoms with van der Waals surface area (Å²) in [6, 6.07) is 10.6. The first kappa shape index (κ1) is 14.3. The standard InChI is InChI=1S/C17H23N3O/c1-12-10-20(11-13(2)21-12)17-8-14(9-18-3)19-16-7-5-4-6-15(16)17/h4-8,12-13,18H,9-11H2,1-3H3/t12-,13+. The predicted molar refractivity (Wildman–Crippen MR) is 86.7 cm³/mol. The lowest BCUT2D eigenvalue weighted by molar-refractivity contribution is -0.00514. The molecular formula is C17H23N3O. The van der Waals surface area contributed by atoms with E-state index in [9.17, 15) is 0 Å². The third-order valence-corrected chi connectivity index (χ3v) is 3.87. The first-order chi connectivity index (χ1) is 10.2. The van der Waals surface area contributed by atoms with Gasteiger partial charge < -0.3 is 15.0 Å². The highest BCUT2D eigenvalue weighted by Crippen LogP contribution is 2.29. The van der Waals surface area contributed by atoms with E-state index in [4.69, 9.17) is 9.72 Å². The number of ether oxygens (including phenoxy) is 1. The van der Waals surface area contributed by atoms with Crippen LogP contribution in [-0.2, 0) is 11.3 Å². The van der Waals surface area contributed by atoms with Gasteiger partial charge in [0.25, 0.3) is 0 Å². The summed E-state index contributed by atoms with van der Waals surface area (Å²) in [6.07, 6.45) is 0.516. The molecule has 0 unspecified atom stereocenters. The van der Waals surface area contributed by atoms with Crippen molar-refractivity contribution in [1.82, 2.24) is 10.3 Å². The smallest absolute Gasteiger partial charge is 0.0726 e. The molecule has 2 aromatic rings. The van der Waals surface area contributed by atoms with Gasteiger partial charge in [0.15, 0.2) is 0 Å². The Balaban J connectivity index is 2.06. The van der Waals surface area contributed by atoms with Crippen LogP contribution in [0.25, 0.3) is 10.9 Å². The fraction of sp³-hybridized carbons (Fsp3) is 0.471. The summed E-state index contributed by atoms with van der Waals surface area (Å²) in [4.78, 5) is 7.17. The predicted octanol–water partition coefficient (Wildman–Crippen LogP) is 2.57. The zero-order valence-corrected chi connectivity index (χ0v) is 13.0. The maximum atomic E-state index is 5.86. The highest BCUT2D eigenvalue weighted by molar-refractivity contribution is 5.92. The fourth-order valence-electron chi connectivity index (χ4n) is 3.12. The van der Waals surface area contributed by atoms with Crippen LogP contribution < -0.4 is 10.2 Å². The van der Waals surface area contributed by atoms with Gasteiger partial charge in [-0.25, -0.2) is 0 Å². The minimum absolute atomic E-state index is 0.258. The van der Waals surface area contributed by atoms with Crippen molar-refractivity contribution in [3.8, 4) is 0 Å². The SMILES string of the molecule is CNCc1cc(N2C[C@@H](C)O[C@@H](C)C2)c2ccccc2n1. The minimum Gasteiger partial charge on any atom is -0.372 e. The quantitative estimate of drug-likeness (QED) is 0.940. The summed E-state index contributed by atoms with van der Waals surface area (Å²) in [7, 11) is 1.95. The zero-order chi connectivity index (χ0) is 14.8. The number of rotatable bonds is 3. The van der Waals surface area contributed by atoms with E-state index in [1.54, 1.807) is 0 Å². The van der Waals surface area contributed by atoms with Crippen LogP contribution in [0.2, 0.25) is 0 Å². The van der Waals surface area contributed by atoms with Gasteiger partial charge in [-0.15, -0.1) is 0 Å². The number of anilines is 1. The molecule has 0 spiro atoms. The summed E-state index contributed by atoms with van der Waals surface area (Å²) < 4.78 is 5.86. The third kappa shape index (κ3) is 3.01. The summed E-state index contributed by atoms with van der Waals surface area (Å²) in [5, 5.41) is 4.41. The van der Waals surface area contributed by atoms with Crippen LogP contribution in [-0.4, -0.2) is 37.3 Å². The third-order valence-electron chi connectivity index (χ3n) is 3.87. The molecule has 1 aliphatic rings. The van der Waals surface area contributed by atoms with Crippen molar-refractivity contribution in [3.05, 3.63) is 36.0 Å². The number of hydrogen-bond donors (Lipinski definition) is 1. The lowest BCUT2D eigenvalue weighted by Gasteiger charge is -2.37. The summed E-state index contributed by atoms with van der Waals surface area (Å²) in [6.45, 7) is 6.92. The molecule has 1 N–H and O–H groups in total. The molecule has 0 bridgehead atoms. The van der Waals surface area contributed by atoms with Crippen molar-refractivity contribution in [2.75, 3.05) is 25.0 Å². The number of nitrogens with zero attached hydrogens (tertiary/aromatic N) is 2. The van der Waals surface area contributed by atoms with Crippen molar-refractivity contribution >= 4 is 16.6 Å². The van der Waals surface area contributed by atoms with E-state index in [-0.39, 0.29) is 12.2 Å². The van der Waals surface area contributed by atoms with Gasteiger partial charge in [-0.3, -0.25) is 4.98 Å². The number of pyridine rings is 1. The second kappa shape index (κ2) is 6.00. The Morgan fingerprint density at radius 1 is 1.24 bits per heavy atom. The van der Waals surface area contributed by atoms with Crippen LogP contribution in [0.4, 0.5) is 5.69 Å². The van der Waals surface area contributed by atoms with Crippen LogP contribution in [0.1, 0.15) is 19.5 Å². The lowest BCUT2D eigenvalue weighted by Crippen LogP contribution is -2.45. The molecule has 0 radical (unpaired) electrons. The van der Waals surface area contributed by atoms with Gasteiger partial charge in [0.1, 0.15) is 0 Å². The first-order valence-electron chi connectivity index (χ1n) is 7.61. The van der Waals surface area contributed by atoms with Crippen molar-refractivity contribution in [2.24, 2.45) is 0 Å². The zero-order valence-electron chi connectivity index (χ0n) is 13.0. The van der Waals surface area contributed by atoms with E-state index in [1.807, 2.05) is 13.1 Å². The van der Waals surface area contributed by atoms with Gasteiger partial charge in [-0.2, -0.15) is 0 Å². The number of aromatic nitrogens is 1. The molecule has 1 fully saturated rings. The molecule has 1 aromatic carbocycles. The molecule has 0 saturated carbocycles. The minimum atomic E-state index is 0.258. The molecule has 2 heterocycles. The van der Waals surface area contributed by atoms with Crippen molar-refractivity contribution < 1.29 is 4.74 Å². The Hall–Kier alpha value is -1.65. The summed E-state index contributed by atoms with van der Waals surface area (Å²) in [5.41, 5.74) is 3.41. The highest BCUT2D eigenvalue weighted by Gasteiger charge is 2.24. The fourth-order valence-corrected chi connectivity index (χ4v) is 3.12. The molecule has 3 rings (SSSR count). The lowest BCUT2D eigenvalue weighted by atomic mass is 10.1. The van der Waals surface area contributed by atoms with Crippen molar-refractivity contribution in [2.45, 2.75) is 32.6 Å². The monoisotopic (exact) mass is 285 g/mol. The van der Waals surface area contributed by atoms with Gasteiger partial charge in [-0.05, 0) is 33.0 Å². The Labute approximate surface area is 126 Å². The van der Waals surface area contributed by atoms with Gasteiger partial charge in [0, 0.05) is 30.7 Å². The molecule has 0 aliphatic carbocycles. The van der Waals surface area contributed by atoms with Gasteiger partial charge in [-0.1, -0.05) is 18.2 Å². The largest absolute Gasteiger partial charge is 0.372 e. The van der Waals surface area contributed by atoms with E-state index in [2.05, 4.69) is 48.3 Å². The molecule has 4 heteroatoms. The Morgan fingerprint density at radius 2 is 1.95 bits per heavy atom. The van der Waals surface area contributed by atoms with Crippen LogP contribution in [0.3, 0.4) is 0 Å². The summed E-state index contributed by atoms with van der Waals surface area (Å²) >= 11 is 0. The maximum absolute atomic E-state index is 5.86. The van der Waals surface area contributed by atoms with Gasteiger partial charge in [0.2, 0.25) is 0 Å². The molecule has 2 atom stereocenters. The molecule has 4 nitrogen and oxygen atoms in total. The topological polar surface area (TPSA) is 37.4 Å². The van der Waals surface area contributed by atoms with E-state index in [1.165, 1.54) is 11.1 Å². The van der Waals surface area contributed by atoms with Crippen LogP contribution >= 0.6 is 0 Å². The number of benzene rings is 1. The average molecular weight is 285 g/mol. The molecule has 1 saturated heterocycles. The first-order valence-corrected chi connectivity index (χ1v) is 7.61. The number of para-hydroxylation sites is 1. The molecule has 21 heavy (non-hydrogen) atoms. The second-order valence-electron chi connectivity index (χ2n) is 5.84. The Kier molecular flexibility index (Phi) is 4.08. The molecule has 1 aromatic heterocycles. The highest BCUT2D eigenvalue weighted by atomic mass is 16.5. The molecular weight excluding hydrogens is 262 g/mol. The molecule has 0 amide bonds. The second-order valence-corrected chi connectivity index (χ2v) is 5.84. The van der Waals surface area contributed by atoms with Crippen LogP contribution in [0.15, 0.2) is 30.3 Å². The van der Waals surface area contributed by atoms with Gasteiger partial charge >= 0.3 is 0 Å². The maximum Gasteiger partial charge on any atom is 0.0726 e. The Bertz CT molecular complexity index is 618. The van der Waals surface area contributed by atoms with E-state index in [0.29, 0.717) is 0 Å². The average Bonchev–Trinajstić information content (AvgIpc) is 2.46. The molecule has 112 valence electrons. The van der Waals surface area contributed by atoms with Crippen molar-refractivity contribution in [1.29, 1.82) is 0 Å². The van der Waals surface area contributed by atoms with Crippen LogP contribution in [0.5, 0.6) is 0 Å². The van der Waals surface area contributed by atoms with Crippen LogP contribution in [0, 0.1) is 0 Å². The molecule has 1 aliphatic heterocycles. The summed E-state index contributed by atoms with van der Waals surface area (Å²) in [5.74, 6) is 0. The number of hydrogen-bond acceptors (Lipinski definition) is 4. The number of nitrogens with one attached hydrogen (secondary N) is 1. The van der Waals surface area contributed by atoms with Crippen molar-refractivity contribution in [3.63, 3.8) is 0 Å². The van der Waals surface area contributed by atoms with E-state index >= 15 is 0 Å². The van der Waals surface area contributed by atoms with Gasteiger partial charge in [0.05, 0.1) is 23.4 Å². The normalized spacial score (nSPS) is 22.7. The number of morpholine rings is 1.